The lowest BCUT2D eigenvalue weighted by molar-refractivity contribution is 0.799. The molecule has 0 aliphatic carbocycles. The predicted octanol–water partition coefficient (Wildman–Crippen LogP) is 8.76. The number of imidazole rings is 2. The second-order valence-electron chi connectivity index (χ2n) is 11.3. The van der Waals surface area contributed by atoms with Crippen molar-refractivity contribution in [3.05, 3.63) is 84.7 Å². The Morgan fingerprint density at radius 1 is 0.525 bits per heavy atom. The van der Waals surface area contributed by atoms with Crippen molar-refractivity contribution in [1.29, 1.82) is 0 Å². The Kier molecular flexibility index (Phi) is 4.81. The molecular formula is C34H28N6. The van der Waals surface area contributed by atoms with Crippen LogP contribution in [0.2, 0.25) is 0 Å². The largest absolute Gasteiger partial charge is 0.342 e. The number of benzene rings is 5. The lowest BCUT2D eigenvalue weighted by Gasteiger charge is -2.10. The van der Waals surface area contributed by atoms with Gasteiger partial charge >= 0.3 is 0 Å². The molecule has 0 unspecified atom stereocenters. The van der Waals surface area contributed by atoms with Crippen molar-refractivity contribution in [1.82, 2.24) is 29.9 Å². The van der Waals surface area contributed by atoms with Gasteiger partial charge in [0, 0.05) is 40.4 Å². The van der Waals surface area contributed by atoms with Crippen molar-refractivity contribution < 1.29 is 0 Å². The molecule has 194 valence electrons. The molecule has 0 saturated carbocycles. The Hall–Kier alpha value is -4.84. The molecule has 40 heavy (non-hydrogen) atoms. The highest BCUT2D eigenvalue weighted by atomic mass is 14.9. The van der Waals surface area contributed by atoms with E-state index in [1.807, 2.05) is 0 Å². The molecule has 0 fully saturated rings. The molecule has 0 radical (unpaired) electrons. The van der Waals surface area contributed by atoms with E-state index in [2.05, 4.69) is 98.3 Å². The zero-order valence-electron chi connectivity index (χ0n) is 22.9. The van der Waals surface area contributed by atoms with E-state index in [9.17, 15) is 0 Å². The van der Waals surface area contributed by atoms with E-state index in [4.69, 9.17) is 19.9 Å². The zero-order valence-corrected chi connectivity index (χ0v) is 22.9. The Labute approximate surface area is 230 Å². The fraction of sp³-hybridized carbons (Fsp3) is 0.176. The first kappa shape index (κ1) is 23.1. The molecular weight excluding hydrogens is 492 g/mol. The molecule has 8 rings (SSSR count). The molecule has 6 heteroatoms. The SMILES string of the molecule is CC(C)c1nc2c(ccc3c4ccc(-c5ccc6c(c5)c5nccnc5c5[nH]c(C(C)C)nc65)cc4ccc32)[nH]1. The van der Waals surface area contributed by atoms with Gasteiger partial charge in [-0.1, -0.05) is 70.2 Å². The fourth-order valence-electron chi connectivity index (χ4n) is 5.97. The Morgan fingerprint density at radius 2 is 1.15 bits per heavy atom. The van der Waals surface area contributed by atoms with Crippen LogP contribution in [0.4, 0.5) is 0 Å². The highest BCUT2D eigenvalue weighted by Crippen LogP contribution is 2.37. The Morgan fingerprint density at radius 3 is 1.95 bits per heavy atom. The smallest absolute Gasteiger partial charge is 0.115 e. The molecule has 2 N–H and O–H groups in total. The molecule has 3 heterocycles. The standard InChI is InChI=1S/C34H28N6/c1-17(2)33-37-27-12-11-23-22-8-5-19(15-21(22)7-10-24(23)28(27)38-33)20-6-9-25-26(16-20)29-31(36-14-13-35-29)32-30(25)39-34(40-32)18(3)4/h5-18H,1-4H3,(H,37,38)(H,39,40). The van der Waals surface area contributed by atoms with E-state index in [1.165, 1.54) is 27.1 Å². The third-order valence-electron chi connectivity index (χ3n) is 8.10. The Balaban J connectivity index is 1.32. The third-order valence-corrected chi connectivity index (χ3v) is 8.10. The van der Waals surface area contributed by atoms with Crippen LogP contribution >= 0.6 is 0 Å². The van der Waals surface area contributed by atoms with Gasteiger partial charge in [-0.05, 0) is 45.5 Å². The zero-order chi connectivity index (χ0) is 27.1. The molecule has 0 aliphatic rings. The highest BCUT2D eigenvalue weighted by Gasteiger charge is 2.17. The molecule has 0 amide bonds. The lowest BCUT2D eigenvalue weighted by atomic mass is 9.95. The molecule has 0 aliphatic heterocycles. The van der Waals surface area contributed by atoms with Gasteiger partial charge in [-0.2, -0.15) is 0 Å². The number of aromatic amines is 2. The first-order chi connectivity index (χ1) is 19.5. The highest BCUT2D eigenvalue weighted by molar-refractivity contribution is 6.21. The first-order valence-electron chi connectivity index (χ1n) is 13.9. The maximum atomic E-state index is 4.96. The van der Waals surface area contributed by atoms with E-state index in [0.717, 1.165) is 61.1 Å². The van der Waals surface area contributed by atoms with Gasteiger partial charge in [0.05, 0.1) is 27.6 Å². The van der Waals surface area contributed by atoms with Crippen molar-refractivity contribution >= 4 is 65.4 Å². The van der Waals surface area contributed by atoms with Gasteiger partial charge in [0.15, 0.2) is 0 Å². The number of fused-ring (bicyclic) bond motifs is 11. The van der Waals surface area contributed by atoms with Crippen molar-refractivity contribution in [2.75, 3.05) is 0 Å². The molecule has 3 aromatic heterocycles. The summed E-state index contributed by atoms with van der Waals surface area (Å²) in [5, 5.41) is 6.99. The predicted molar refractivity (Wildman–Crippen MR) is 165 cm³/mol. The maximum Gasteiger partial charge on any atom is 0.115 e. The Bertz CT molecular complexity index is 2290. The summed E-state index contributed by atoms with van der Waals surface area (Å²) in [7, 11) is 0. The molecule has 0 saturated heterocycles. The van der Waals surface area contributed by atoms with Gasteiger partial charge < -0.3 is 9.97 Å². The summed E-state index contributed by atoms with van der Waals surface area (Å²) in [5.41, 5.74) is 8.09. The molecule has 0 atom stereocenters. The summed E-state index contributed by atoms with van der Waals surface area (Å²) < 4.78 is 0. The van der Waals surface area contributed by atoms with E-state index < -0.39 is 0 Å². The van der Waals surface area contributed by atoms with Crippen molar-refractivity contribution in [3.63, 3.8) is 0 Å². The van der Waals surface area contributed by atoms with Crippen LogP contribution < -0.4 is 0 Å². The van der Waals surface area contributed by atoms with E-state index in [-0.39, 0.29) is 0 Å². The van der Waals surface area contributed by atoms with Crippen LogP contribution in [0, 0.1) is 0 Å². The average molecular weight is 521 g/mol. The molecule has 0 spiro atoms. The average Bonchev–Trinajstić information content (AvgIpc) is 3.63. The number of H-pyrrole nitrogens is 2. The van der Waals surface area contributed by atoms with Crippen molar-refractivity contribution in [3.8, 4) is 11.1 Å². The van der Waals surface area contributed by atoms with Crippen LogP contribution in [-0.4, -0.2) is 29.9 Å². The van der Waals surface area contributed by atoms with E-state index >= 15 is 0 Å². The van der Waals surface area contributed by atoms with Gasteiger partial charge in [0.1, 0.15) is 17.2 Å². The second kappa shape index (κ2) is 8.33. The van der Waals surface area contributed by atoms with Crippen LogP contribution in [0.15, 0.2) is 73.1 Å². The number of hydrogen-bond donors (Lipinski definition) is 2. The number of hydrogen-bond acceptors (Lipinski definition) is 4. The maximum absolute atomic E-state index is 4.96. The molecule has 8 aromatic rings. The molecule has 6 nitrogen and oxygen atoms in total. The minimum Gasteiger partial charge on any atom is -0.342 e. The summed E-state index contributed by atoms with van der Waals surface area (Å²) in [5.74, 6) is 2.65. The van der Waals surface area contributed by atoms with Crippen molar-refractivity contribution in [2.24, 2.45) is 0 Å². The van der Waals surface area contributed by atoms with E-state index in [1.54, 1.807) is 12.4 Å². The fourth-order valence-corrected chi connectivity index (χ4v) is 5.97. The van der Waals surface area contributed by atoms with Gasteiger partial charge in [-0.3, -0.25) is 9.97 Å². The van der Waals surface area contributed by atoms with Crippen LogP contribution in [-0.2, 0) is 0 Å². The number of nitrogens with zero attached hydrogens (tertiary/aromatic N) is 4. The van der Waals surface area contributed by atoms with Crippen LogP contribution in [0.1, 0.15) is 51.2 Å². The normalized spacial score (nSPS) is 12.4. The quantitative estimate of drug-likeness (QED) is 0.228. The summed E-state index contributed by atoms with van der Waals surface area (Å²) >= 11 is 0. The lowest BCUT2D eigenvalue weighted by Crippen LogP contribution is -1.89. The minimum atomic E-state index is 0.295. The summed E-state index contributed by atoms with van der Waals surface area (Å²) in [4.78, 5) is 26.3. The summed E-state index contributed by atoms with van der Waals surface area (Å²) in [6.07, 6.45) is 3.52. The molecule has 5 aromatic carbocycles. The van der Waals surface area contributed by atoms with Gasteiger partial charge in [-0.25, -0.2) is 9.97 Å². The number of aromatic nitrogens is 6. The molecule has 0 bridgehead atoms. The van der Waals surface area contributed by atoms with Gasteiger partial charge in [0.25, 0.3) is 0 Å². The van der Waals surface area contributed by atoms with E-state index in [0.29, 0.717) is 11.8 Å². The van der Waals surface area contributed by atoms with Crippen molar-refractivity contribution in [2.45, 2.75) is 39.5 Å². The topological polar surface area (TPSA) is 83.1 Å². The minimum absolute atomic E-state index is 0.295. The summed E-state index contributed by atoms with van der Waals surface area (Å²) in [6.45, 7) is 8.63. The van der Waals surface area contributed by atoms with Gasteiger partial charge in [-0.15, -0.1) is 0 Å². The summed E-state index contributed by atoms with van der Waals surface area (Å²) in [6, 6.07) is 22.1. The third kappa shape index (κ3) is 3.29. The monoisotopic (exact) mass is 520 g/mol. The first-order valence-corrected chi connectivity index (χ1v) is 13.9. The van der Waals surface area contributed by atoms with Gasteiger partial charge in [0.2, 0.25) is 0 Å². The number of rotatable bonds is 3. The van der Waals surface area contributed by atoms with Crippen LogP contribution in [0.5, 0.6) is 0 Å². The number of nitrogens with one attached hydrogen (secondary N) is 2. The van der Waals surface area contributed by atoms with Crippen LogP contribution in [0.3, 0.4) is 0 Å². The second-order valence-corrected chi connectivity index (χ2v) is 11.3. The van der Waals surface area contributed by atoms with Crippen LogP contribution in [0.25, 0.3) is 76.5 Å².